The Morgan fingerprint density at radius 3 is 2.42 bits per heavy atom. The normalized spacial score (nSPS) is 10.7. The van der Waals surface area contributed by atoms with E-state index < -0.39 is 0 Å². The van der Waals surface area contributed by atoms with Gasteiger partial charge in [0.15, 0.2) is 0 Å². The maximum absolute atomic E-state index is 12.5. The number of pyridine rings is 2. The Morgan fingerprint density at radius 1 is 0.895 bits per heavy atom. The Morgan fingerprint density at radius 2 is 1.66 bits per heavy atom. The van der Waals surface area contributed by atoms with E-state index in [2.05, 4.69) is 25.9 Å². The van der Waals surface area contributed by atoms with Gasteiger partial charge in [-0.3, -0.25) is 19.6 Å². The number of carbonyl (C=O) groups excluding carboxylic acids is 2. The molecule has 0 aliphatic rings. The van der Waals surface area contributed by atoms with Crippen LogP contribution in [0.4, 0.5) is 11.6 Å². The van der Waals surface area contributed by atoms with E-state index in [1.165, 1.54) is 6.20 Å². The van der Waals surface area contributed by atoms with Crippen molar-refractivity contribution in [3.05, 3.63) is 102 Å². The highest BCUT2D eigenvalue weighted by Crippen LogP contribution is 2.28. The van der Waals surface area contributed by atoms with E-state index in [1.807, 2.05) is 54.1 Å². The number of anilines is 2. The number of benzene rings is 2. The van der Waals surface area contributed by atoms with Gasteiger partial charge in [-0.2, -0.15) is 0 Å². The second-order valence-corrected chi connectivity index (χ2v) is 8.44. The first-order valence-electron chi connectivity index (χ1n) is 11.9. The molecule has 0 aliphatic heterocycles. The van der Waals surface area contributed by atoms with E-state index in [4.69, 9.17) is 9.72 Å². The fourth-order valence-electron chi connectivity index (χ4n) is 3.84. The summed E-state index contributed by atoms with van der Waals surface area (Å²) in [5.41, 5.74) is 4.26. The van der Waals surface area contributed by atoms with Crippen LogP contribution in [0.25, 0.3) is 11.0 Å². The van der Waals surface area contributed by atoms with Crippen LogP contribution < -0.4 is 20.7 Å². The number of imidazole rings is 1. The fourth-order valence-corrected chi connectivity index (χ4v) is 3.84. The highest BCUT2D eigenvalue weighted by Gasteiger charge is 2.12. The molecule has 0 unspecified atom stereocenters. The van der Waals surface area contributed by atoms with Crippen molar-refractivity contribution in [1.82, 2.24) is 30.2 Å². The second kappa shape index (κ2) is 10.8. The number of fused-ring (bicyclic) bond motifs is 1. The van der Waals surface area contributed by atoms with Crippen molar-refractivity contribution in [1.29, 1.82) is 0 Å². The smallest absolute Gasteiger partial charge is 0.269 e. The number of hydrogen-bond donors (Lipinski definition) is 3. The van der Waals surface area contributed by atoms with Gasteiger partial charge in [0, 0.05) is 62.6 Å². The third kappa shape index (κ3) is 5.44. The van der Waals surface area contributed by atoms with Crippen molar-refractivity contribution in [2.75, 3.05) is 12.4 Å². The van der Waals surface area contributed by atoms with Gasteiger partial charge in [0.2, 0.25) is 5.95 Å². The molecule has 0 aliphatic carbocycles. The highest BCUT2D eigenvalue weighted by atomic mass is 16.5. The van der Waals surface area contributed by atoms with Crippen LogP contribution in [0.5, 0.6) is 11.5 Å². The molecule has 10 heteroatoms. The number of ether oxygens (including phenoxy) is 1. The van der Waals surface area contributed by atoms with Crippen LogP contribution in [-0.4, -0.2) is 38.4 Å². The average Bonchev–Trinajstić information content (AvgIpc) is 3.26. The minimum atomic E-state index is -0.287. The minimum Gasteiger partial charge on any atom is -0.457 e. The van der Waals surface area contributed by atoms with Gasteiger partial charge in [0.1, 0.15) is 17.2 Å². The van der Waals surface area contributed by atoms with Crippen molar-refractivity contribution >= 4 is 34.5 Å². The maximum atomic E-state index is 12.5. The van der Waals surface area contributed by atoms with Gasteiger partial charge in [-0.1, -0.05) is 0 Å². The number of hydrogen-bond acceptors (Lipinski definition) is 7. The zero-order valence-electron chi connectivity index (χ0n) is 20.8. The summed E-state index contributed by atoms with van der Waals surface area (Å²) in [4.78, 5) is 37.1. The molecule has 0 radical (unpaired) electrons. The molecule has 0 spiro atoms. The SMILES string of the molecule is CNC(=O)c1cc(Oc2ccc3c(c2)nc(Nc2ccc(C(=O)NCc4ccncc4)cc2)n3C)ccn1. The number of amides is 2. The lowest BCUT2D eigenvalue weighted by atomic mass is 10.2. The highest BCUT2D eigenvalue weighted by molar-refractivity contribution is 5.94. The van der Waals surface area contributed by atoms with Crippen LogP contribution in [0, 0.1) is 0 Å². The van der Waals surface area contributed by atoms with Gasteiger partial charge < -0.3 is 25.3 Å². The summed E-state index contributed by atoms with van der Waals surface area (Å²) in [6, 6.07) is 19.8. The Bertz CT molecular complexity index is 1600. The Kier molecular flexibility index (Phi) is 6.94. The van der Waals surface area contributed by atoms with Crippen LogP contribution in [0.2, 0.25) is 0 Å². The van der Waals surface area contributed by atoms with Crippen LogP contribution in [-0.2, 0) is 13.6 Å². The number of nitrogens with zero attached hydrogens (tertiary/aromatic N) is 4. The first kappa shape index (κ1) is 24.4. The van der Waals surface area contributed by atoms with Crippen LogP contribution >= 0.6 is 0 Å². The predicted octanol–water partition coefficient (Wildman–Crippen LogP) is 4.19. The largest absolute Gasteiger partial charge is 0.457 e. The zero-order valence-corrected chi connectivity index (χ0v) is 20.8. The number of aromatic nitrogens is 4. The average molecular weight is 508 g/mol. The standard InChI is InChI=1S/C28H25N7O3/c1-29-27(37)24-16-22(11-14-31-24)38-21-7-8-25-23(15-21)34-28(35(25)2)33-20-5-3-19(4-6-20)26(36)32-17-18-9-12-30-13-10-18/h3-16H,17H2,1-2H3,(H,29,37)(H,32,36)(H,33,34). The second-order valence-electron chi connectivity index (χ2n) is 8.44. The molecule has 5 aromatic rings. The molecular weight excluding hydrogens is 482 g/mol. The van der Waals surface area contributed by atoms with Crippen LogP contribution in [0.1, 0.15) is 26.4 Å². The number of rotatable bonds is 8. The number of aryl methyl sites for hydroxylation is 1. The predicted molar refractivity (Wildman–Crippen MR) is 144 cm³/mol. The van der Waals surface area contributed by atoms with Gasteiger partial charge >= 0.3 is 0 Å². The van der Waals surface area contributed by atoms with Crippen LogP contribution in [0.3, 0.4) is 0 Å². The molecule has 3 N–H and O–H groups in total. The molecule has 0 bridgehead atoms. The van der Waals surface area contributed by atoms with E-state index in [0.29, 0.717) is 29.6 Å². The van der Waals surface area contributed by atoms with Gasteiger partial charge in [0.05, 0.1) is 11.0 Å². The monoisotopic (exact) mass is 507 g/mol. The van der Waals surface area contributed by atoms with Crippen molar-refractivity contribution in [3.63, 3.8) is 0 Å². The molecule has 3 heterocycles. The van der Waals surface area contributed by atoms with E-state index in [0.717, 1.165) is 22.3 Å². The molecule has 0 saturated carbocycles. The molecule has 0 atom stereocenters. The molecule has 10 nitrogen and oxygen atoms in total. The lowest BCUT2D eigenvalue weighted by molar-refractivity contribution is 0.0945. The fraction of sp³-hybridized carbons (Fsp3) is 0.107. The molecule has 5 rings (SSSR count). The summed E-state index contributed by atoms with van der Waals surface area (Å²) in [5.74, 6) is 1.28. The van der Waals surface area contributed by atoms with Crippen molar-refractivity contribution in [2.45, 2.75) is 6.54 Å². The van der Waals surface area contributed by atoms with Crippen LogP contribution in [0.15, 0.2) is 85.3 Å². The molecule has 190 valence electrons. The molecule has 0 fully saturated rings. The van der Waals surface area contributed by atoms with Crippen molar-refractivity contribution in [3.8, 4) is 11.5 Å². The minimum absolute atomic E-state index is 0.153. The summed E-state index contributed by atoms with van der Waals surface area (Å²) in [6.45, 7) is 0.434. The first-order valence-corrected chi connectivity index (χ1v) is 11.9. The van der Waals surface area contributed by atoms with E-state index in [1.54, 1.807) is 43.7 Å². The molecule has 3 aromatic heterocycles. The number of carbonyl (C=O) groups is 2. The maximum Gasteiger partial charge on any atom is 0.269 e. The summed E-state index contributed by atoms with van der Waals surface area (Å²) in [7, 11) is 3.46. The Balaban J connectivity index is 1.27. The quantitative estimate of drug-likeness (QED) is 0.288. The van der Waals surface area contributed by atoms with E-state index in [-0.39, 0.29) is 17.5 Å². The van der Waals surface area contributed by atoms with Gasteiger partial charge in [-0.25, -0.2) is 4.98 Å². The van der Waals surface area contributed by atoms with E-state index >= 15 is 0 Å². The lowest BCUT2D eigenvalue weighted by Crippen LogP contribution is -2.22. The molecule has 2 amide bonds. The molecule has 0 saturated heterocycles. The molecule has 2 aromatic carbocycles. The third-order valence-electron chi connectivity index (χ3n) is 5.88. The Labute approximate surface area is 218 Å². The summed E-state index contributed by atoms with van der Waals surface area (Å²) >= 11 is 0. The van der Waals surface area contributed by atoms with E-state index in [9.17, 15) is 9.59 Å². The van der Waals surface area contributed by atoms with Gasteiger partial charge in [-0.15, -0.1) is 0 Å². The molecular formula is C28H25N7O3. The third-order valence-corrected chi connectivity index (χ3v) is 5.88. The van der Waals surface area contributed by atoms with Gasteiger partial charge in [0.25, 0.3) is 11.8 Å². The first-order chi connectivity index (χ1) is 18.5. The molecule has 38 heavy (non-hydrogen) atoms. The van der Waals surface area contributed by atoms with Gasteiger partial charge in [-0.05, 0) is 60.2 Å². The summed E-state index contributed by atoms with van der Waals surface area (Å²) < 4.78 is 7.88. The topological polar surface area (TPSA) is 123 Å². The zero-order chi connectivity index (χ0) is 26.5. The number of nitrogens with one attached hydrogen (secondary N) is 3. The Hall–Kier alpha value is -5.25. The summed E-state index contributed by atoms with van der Waals surface area (Å²) in [6.07, 6.45) is 4.92. The van der Waals surface area contributed by atoms with Crippen molar-refractivity contribution in [2.24, 2.45) is 7.05 Å². The summed E-state index contributed by atoms with van der Waals surface area (Å²) in [5, 5.41) is 8.75. The lowest BCUT2D eigenvalue weighted by Gasteiger charge is -2.08. The van der Waals surface area contributed by atoms with Crippen molar-refractivity contribution < 1.29 is 14.3 Å².